The normalized spacial score (nSPS) is 11.0. The molecule has 1 aromatic carbocycles. The maximum Gasteiger partial charge on any atom is 0.300 e. The third kappa shape index (κ3) is 3.50. The molecule has 21 heavy (non-hydrogen) atoms. The van der Waals surface area contributed by atoms with Gasteiger partial charge in [-0.25, -0.2) is 0 Å². The number of nitrogens with two attached hydrogens (primary N) is 1. The van der Waals surface area contributed by atoms with Crippen molar-refractivity contribution >= 4 is 27.4 Å². The summed E-state index contributed by atoms with van der Waals surface area (Å²) in [7, 11) is -2.36. The summed E-state index contributed by atoms with van der Waals surface area (Å²) in [6.07, 6.45) is -0.399. The molecule has 0 aliphatic heterocycles. The van der Waals surface area contributed by atoms with Gasteiger partial charge in [-0.2, -0.15) is 8.42 Å². The van der Waals surface area contributed by atoms with Crippen LogP contribution in [-0.2, 0) is 14.9 Å². The molecule has 0 spiro atoms. The Morgan fingerprint density at radius 3 is 2.24 bits per heavy atom. The molecule has 116 valence electrons. The molecule has 0 aliphatic carbocycles. The topological polar surface area (TPSA) is 133 Å². The minimum absolute atomic E-state index is 0.102. The Bertz CT molecular complexity index is 694. The van der Waals surface area contributed by atoms with E-state index < -0.39 is 32.9 Å². The fourth-order valence-corrected chi connectivity index (χ4v) is 2.58. The number of Topliss-reactive ketones (excluding diaryl/α,β-unsaturated/α-hetero) is 2. The van der Waals surface area contributed by atoms with E-state index in [4.69, 9.17) is 15.2 Å². The summed E-state index contributed by atoms with van der Waals surface area (Å²) >= 11 is 0. The van der Waals surface area contributed by atoms with Gasteiger partial charge in [-0.15, -0.1) is 0 Å². The molecular formula is C12H15NO7S. The van der Waals surface area contributed by atoms with Crippen molar-refractivity contribution < 1.29 is 32.0 Å². The first kappa shape index (κ1) is 16.9. The van der Waals surface area contributed by atoms with Crippen LogP contribution < -0.4 is 15.2 Å². The lowest BCUT2D eigenvalue weighted by Crippen LogP contribution is -2.13. The number of rotatable bonds is 6. The summed E-state index contributed by atoms with van der Waals surface area (Å²) < 4.78 is 41.7. The number of benzene rings is 1. The third-order valence-corrected chi connectivity index (χ3v) is 3.56. The van der Waals surface area contributed by atoms with Gasteiger partial charge < -0.3 is 15.2 Å². The van der Waals surface area contributed by atoms with E-state index in [-0.39, 0.29) is 22.8 Å². The summed E-state index contributed by atoms with van der Waals surface area (Å²) in [4.78, 5) is 22.3. The van der Waals surface area contributed by atoms with Crippen LogP contribution in [0.1, 0.15) is 23.7 Å². The molecule has 0 saturated heterocycles. The van der Waals surface area contributed by atoms with Crippen molar-refractivity contribution in [3.63, 3.8) is 0 Å². The maximum atomic E-state index is 12.0. The van der Waals surface area contributed by atoms with Gasteiger partial charge in [0, 0.05) is 0 Å². The molecule has 8 nitrogen and oxygen atoms in total. The van der Waals surface area contributed by atoms with Gasteiger partial charge in [-0.05, 0) is 13.0 Å². The van der Waals surface area contributed by atoms with Crippen molar-refractivity contribution in [1.29, 1.82) is 0 Å². The molecule has 9 heteroatoms. The second-order valence-electron chi connectivity index (χ2n) is 4.18. The first-order chi connectivity index (χ1) is 9.63. The third-order valence-electron chi connectivity index (χ3n) is 2.63. The van der Waals surface area contributed by atoms with Gasteiger partial charge in [0.05, 0.1) is 26.2 Å². The molecule has 1 rings (SSSR count). The number of ether oxygens (including phenoxy) is 2. The highest BCUT2D eigenvalue weighted by molar-refractivity contribution is 7.86. The maximum absolute atomic E-state index is 12.0. The van der Waals surface area contributed by atoms with Crippen LogP contribution in [0.5, 0.6) is 11.5 Å². The monoisotopic (exact) mass is 317 g/mol. The zero-order chi connectivity index (χ0) is 16.4. The predicted octanol–water partition coefficient (Wildman–Crippen LogP) is 0.695. The number of nitrogen functional groups attached to an aromatic ring is 1. The summed E-state index contributed by atoms with van der Waals surface area (Å²) in [6.45, 7) is 1.23. The van der Waals surface area contributed by atoms with Crippen molar-refractivity contribution in [3.8, 4) is 11.5 Å². The first-order valence-electron chi connectivity index (χ1n) is 5.68. The summed E-state index contributed by atoms with van der Waals surface area (Å²) in [6, 6.07) is 1.06. The SMILES string of the molecule is COc1cc(C(=O)CC(C)=O)c(OC)c(N)c1S(=O)(=O)O. The molecule has 0 bridgehead atoms. The lowest BCUT2D eigenvalue weighted by Gasteiger charge is -2.16. The molecule has 3 N–H and O–H groups in total. The van der Waals surface area contributed by atoms with E-state index in [1.165, 1.54) is 14.0 Å². The second kappa shape index (κ2) is 6.10. The number of hydrogen-bond donors (Lipinski definition) is 2. The van der Waals surface area contributed by atoms with E-state index in [0.717, 1.165) is 13.2 Å². The molecule has 0 fully saturated rings. The van der Waals surface area contributed by atoms with Crippen LogP contribution in [0, 0.1) is 0 Å². The molecule has 0 aliphatic rings. The predicted molar refractivity (Wildman–Crippen MR) is 73.4 cm³/mol. The van der Waals surface area contributed by atoms with Crippen molar-refractivity contribution in [2.24, 2.45) is 0 Å². The summed E-state index contributed by atoms with van der Waals surface area (Å²) in [5.74, 6) is -1.54. The van der Waals surface area contributed by atoms with Gasteiger partial charge >= 0.3 is 0 Å². The Balaban J connectivity index is 3.67. The van der Waals surface area contributed by atoms with Gasteiger partial charge in [-0.1, -0.05) is 0 Å². The minimum Gasteiger partial charge on any atom is -0.495 e. The van der Waals surface area contributed by atoms with Crippen LogP contribution in [0.25, 0.3) is 0 Å². The van der Waals surface area contributed by atoms with E-state index in [1.54, 1.807) is 0 Å². The zero-order valence-electron chi connectivity index (χ0n) is 11.7. The molecular weight excluding hydrogens is 302 g/mol. The molecule has 0 atom stereocenters. The average molecular weight is 317 g/mol. The molecule has 0 aromatic heterocycles. The zero-order valence-corrected chi connectivity index (χ0v) is 12.5. The number of methoxy groups -OCH3 is 2. The van der Waals surface area contributed by atoms with Crippen LogP contribution in [0.2, 0.25) is 0 Å². The van der Waals surface area contributed by atoms with E-state index in [0.29, 0.717) is 0 Å². The second-order valence-corrected chi connectivity index (χ2v) is 5.54. The van der Waals surface area contributed by atoms with Crippen LogP contribution in [0.3, 0.4) is 0 Å². The van der Waals surface area contributed by atoms with Gasteiger partial charge in [0.2, 0.25) is 0 Å². The smallest absolute Gasteiger partial charge is 0.300 e. The Hall–Kier alpha value is -2.13. The number of carbonyl (C=O) groups is 2. The van der Waals surface area contributed by atoms with E-state index >= 15 is 0 Å². The fourth-order valence-electron chi connectivity index (χ4n) is 1.81. The molecule has 1 aromatic rings. The van der Waals surface area contributed by atoms with Gasteiger partial charge in [0.1, 0.15) is 17.2 Å². The number of anilines is 1. The van der Waals surface area contributed by atoms with Gasteiger partial charge in [0.15, 0.2) is 16.4 Å². The van der Waals surface area contributed by atoms with Crippen LogP contribution in [-0.4, -0.2) is 38.8 Å². The van der Waals surface area contributed by atoms with Crippen LogP contribution in [0.4, 0.5) is 5.69 Å². The van der Waals surface area contributed by atoms with Crippen LogP contribution in [0.15, 0.2) is 11.0 Å². The molecule has 0 heterocycles. The highest BCUT2D eigenvalue weighted by Crippen LogP contribution is 2.40. The number of carbonyl (C=O) groups excluding carboxylic acids is 2. The number of hydrogen-bond acceptors (Lipinski definition) is 7. The fraction of sp³-hybridized carbons (Fsp3) is 0.333. The van der Waals surface area contributed by atoms with Crippen molar-refractivity contribution in [2.45, 2.75) is 18.2 Å². The number of ketones is 2. The molecule has 0 amide bonds. The van der Waals surface area contributed by atoms with Crippen molar-refractivity contribution in [2.75, 3.05) is 20.0 Å². The Morgan fingerprint density at radius 1 is 1.29 bits per heavy atom. The minimum atomic E-state index is -4.68. The van der Waals surface area contributed by atoms with E-state index in [1.807, 2.05) is 0 Å². The Morgan fingerprint density at radius 2 is 1.86 bits per heavy atom. The lowest BCUT2D eigenvalue weighted by molar-refractivity contribution is -0.116. The standard InChI is InChI=1S/C12H15NO7S/c1-6(14)4-8(15)7-5-9(19-2)12(21(16,17)18)10(13)11(7)20-3/h5H,4,13H2,1-3H3,(H,16,17,18). The van der Waals surface area contributed by atoms with E-state index in [9.17, 15) is 22.6 Å². The first-order valence-corrected chi connectivity index (χ1v) is 7.12. The Labute approximate surface area is 121 Å². The quantitative estimate of drug-likeness (QED) is 0.339. The van der Waals surface area contributed by atoms with Gasteiger partial charge in [0.25, 0.3) is 10.1 Å². The van der Waals surface area contributed by atoms with Crippen molar-refractivity contribution in [3.05, 3.63) is 11.6 Å². The lowest BCUT2D eigenvalue weighted by atomic mass is 10.0. The largest absolute Gasteiger partial charge is 0.495 e. The van der Waals surface area contributed by atoms with Gasteiger partial charge in [-0.3, -0.25) is 14.1 Å². The highest BCUT2D eigenvalue weighted by atomic mass is 32.2. The Kier molecular flexibility index (Phi) is 4.92. The van der Waals surface area contributed by atoms with Crippen LogP contribution >= 0.6 is 0 Å². The average Bonchev–Trinajstić information content (AvgIpc) is 2.34. The van der Waals surface area contributed by atoms with Crippen molar-refractivity contribution in [1.82, 2.24) is 0 Å². The molecule has 0 unspecified atom stereocenters. The molecule has 0 saturated carbocycles. The highest BCUT2D eigenvalue weighted by Gasteiger charge is 2.28. The van der Waals surface area contributed by atoms with E-state index in [2.05, 4.69) is 0 Å². The summed E-state index contributed by atoms with van der Waals surface area (Å²) in [5.41, 5.74) is 5.08. The summed E-state index contributed by atoms with van der Waals surface area (Å²) in [5, 5.41) is 0. The molecule has 0 radical (unpaired) electrons.